The number of ketones is 1. The van der Waals surface area contributed by atoms with Crippen LogP contribution in [0, 0.1) is 0 Å². The van der Waals surface area contributed by atoms with Crippen molar-refractivity contribution in [1.29, 1.82) is 0 Å². The Kier molecular flexibility index (Phi) is 10.8. The second-order valence-electron chi connectivity index (χ2n) is 6.28. The maximum absolute atomic E-state index is 12.1. The number of allylic oxidation sites excluding steroid dienone is 4. The van der Waals surface area contributed by atoms with E-state index in [1.165, 1.54) is 55.7 Å². The summed E-state index contributed by atoms with van der Waals surface area (Å²) in [5.41, 5.74) is 9.20. The summed E-state index contributed by atoms with van der Waals surface area (Å²) in [6.45, 7) is 0. The Hall–Kier alpha value is -2.62. The topological polar surface area (TPSA) is 155 Å². The number of hydrogen-bond acceptors (Lipinski definition) is 6. The van der Waals surface area contributed by atoms with Gasteiger partial charge in [-0.1, -0.05) is 48.2 Å². The summed E-state index contributed by atoms with van der Waals surface area (Å²) in [4.78, 5) is 38.1. The summed E-state index contributed by atoms with van der Waals surface area (Å²) < 4.78 is 5.08. The van der Waals surface area contributed by atoms with Gasteiger partial charge in [0.2, 0.25) is 11.7 Å². The van der Waals surface area contributed by atoms with Crippen LogP contribution in [0.1, 0.15) is 31.8 Å². The summed E-state index contributed by atoms with van der Waals surface area (Å²) >= 11 is 0. The van der Waals surface area contributed by atoms with Crippen LogP contribution in [0.2, 0.25) is 0 Å². The van der Waals surface area contributed by atoms with Crippen LogP contribution in [-0.4, -0.2) is 24.8 Å². The van der Waals surface area contributed by atoms with Gasteiger partial charge in [0.05, 0.1) is 13.1 Å². The third-order valence-electron chi connectivity index (χ3n) is 4.50. The zero-order valence-corrected chi connectivity index (χ0v) is 22.1. The van der Waals surface area contributed by atoms with Gasteiger partial charge in [-0.05, 0) is 51.1 Å². The molecular weight excluding hydrogens is 448 g/mol. The Morgan fingerprint density at radius 3 is 2.30 bits per heavy atom. The molecule has 0 aromatic heterocycles. The van der Waals surface area contributed by atoms with Gasteiger partial charge < -0.3 is 19.7 Å². The SMILES string of the molecule is COC1=C/C(=C(/c2ccc([O-])c(C(=O)N=[N+]=[N-])c2)c2ccccc2C(=O)[O-])C=CC1=O.[Na+].[Na+]. The molecular formula is C22H13N3Na2O6. The molecule has 0 radical (unpaired) electrons. The minimum Gasteiger partial charge on any atom is -0.872 e. The molecule has 2 aromatic rings. The van der Waals surface area contributed by atoms with Crippen molar-refractivity contribution in [3.63, 3.8) is 0 Å². The average Bonchev–Trinajstić information content (AvgIpc) is 2.76. The maximum Gasteiger partial charge on any atom is 1.00 e. The number of ether oxygens (including phenoxy) is 1. The first-order valence-corrected chi connectivity index (χ1v) is 8.81. The first-order chi connectivity index (χ1) is 14.9. The van der Waals surface area contributed by atoms with E-state index in [9.17, 15) is 24.6 Å². The van der Waals surface area contributed by atoms with Gasteiger partial charge in [-0.3, -0.25) is 9.59 Å². The number of methoxy groups -OCH3 is 1. The predicted molar refractivity (Wildman–Crippen MR) is 105 cm³/mol. The maximum atomic E-state index is 12.1. The van der Waals surface area contributed by atoms with Crippen LogP contribution in [0.5, 0.6) is 5.75 Å². The van der Waals surface area contributed by atoms with Crippen LogP contribution in [0.3, 0.4) is 0 Å². The summed E-state index contributed by atoms with van der Waals surface area (Å²) in [6, 6.07) is 9.71. The Morgan fingerprint density at radius 1 is 1.03 bits per heavy atom. The number of carbonyl (C=O) groups is 3. The van der Waals surface area contributed by atoms with E-state index in [1.807, 2.05) is 0 Å². The molecule has 0 saturated heterocycles. The van der Waals surface area contributed by atoms with E-state index in [0.717, 1.165) is 6.07 Å². The smallest absolute Gasteiger partial charge is 0.872 e. The van der Waals surface area contributed by atoms with Gasteiger partial charge in [0.15, 0.2) is 5.76 Å². The summed E-state index contributed by atoms with van der Waals surface area (Å²) in [6.07, 6.45) is 4.14. The fourth-order valence-electron chi connectivity index (χ4n) is 3.13. The molecule has 3 rings (SSSR count). The second-order valence-corrected chi connectivity index (χ2v) is 6.28. The van der Waals surface area contributed by atoms with Crippen molar-refractivity contribution in [2.75, 3.05) is 7.11 Å². The van der Waals surface area contributed by atoms with E-state index in [0.29, 0.717) is 11.1 Å². The number of aromatic carboxylic acids is 1. The molecule has 0 atom stereocenters. The molecule has 1 aliphatic rings. The normalized spacial score (nSPS) is 13.5. The first-order valence-electron chi connectivity index (χ1n) is 8.81. The fraction of sp³-hybridized carbons (Fsp3) is 0.0455. The molecule has 154 valence electrons. The zero-order chi connectivity index (χ0) is 22.5. The van der Waals surface area contributed by atoms with E-state index < -0.39 is 17.6 Å². The number of benzene rings is 2. The first kappa shape index (κ1) is 28.4. The molecule has 0 spiro atoms. The summed E-state index contributed by atoms with van der Waals surface area (Å²) in [5.74, 6) is -3.54. The fourth-order valence-corrected chi connectivity index (χ4v) is 3.13. The molecule has 0 N–H and O–H groups in total. The Balaban J connectivity index is 0.00000272. The number of carboxylic acid groups (broad SMARTS) is 1. The third-order valence-corrected chi connectivity index (χ3v) is 4.50. The number of rotatable bonds is 5. The van der Waals surface area contributed by atoms with Crippen LogP contribution in [0.15, 0.2) is 77.1 Å². The minimum atomic E-state index is -1.44. The van der Waals surface area contributed by atoms with E-state index in [2.05, 4.69) is 10.0 Å². The molecule has 2 aromatic carbocycles. The second kappa shape index (κ2) is 12.6. The number of amides is 1. The van der Waals surface area contributed by atoms with Crippen LogP contribution in [0.4, 0.5) is 0 Å². The van der Waals surface area contributed by atoms with Crippen molar-refractivity contribution in [2.24, 2.45) is 5.11 Å². The van der Waals surface area contributed by atoms with Crippen LogP contribution >= 0.6 is 0 Å². The molecule has 0 saturated carbocycles. The molecule has 0 aliphatic heterocycles. The third kappa shape index (κ3) is 6.25. The molecule has 0 bridgehead atoms. The standard InChI is InChI=1S/C22H15N3O6.2Na/c1-31-19-11-13(7-9-18(19)27)20(14-4-2-3-5-15(14)22(29)30)12-6-8-17(26)16(10-12)21(28)24-25-23;;/h2-11,26H,1H3,(H,29,30);;/q;2*+1/p-2/b20-13-;;. The molecule has 0 fully saturated rings. The van der Waals surface area contributed by atoms with Gasteiger partial charge in [0.25, 0.3) is 0 Å². The number of carboxylic acids is 1. The van der Waals surface area contributed by atoms with E-state index in [4.69, 9.17) is 10.3 Å². The molecule has 0 unspecified atom stereocenters. The molecule has 11 heteroatoms. The van der Waals surface area contributed by atoms with Crippen molar-refractivity contribution >= 4 is 23.2 Å². The van der Waals surface area contributed by atoms with E-state index >= 15 is 0 Å². The van der Waals surface area contributed by atoms with Gasteiger partial charge in [0, 0.05) is 16.0 Å². The predicted octanol–water partition coefficient (Wildman–Crippen LogP) is -3.95. The van der Waals surface area contributed by atoms with Crippen LogP contribution in [0.25, 0.3) is 16.0 Å². The summed E-state index contributed by atoms with van der Waals surface area (Å²) in [7, 11) is 1.32. The van der Waals surface area contributed by atoms with Crippen molar-refractivity contribution in [2.45, 2.75) is 0 Å². The van der Waals surface area contributed by atoms with Crippen LogP contribution < -0.4 is 69.3 Å². The summed E-state index contributed by atoms with van der Waals surface area (Å²) in [5, 5.41) is 26.8. The Bertz CT molecular complexity index is 1260. The minimum absolute atomic E-state index is 0. The quantitative estimate of drug-likeness (QED) is 0.192. The Labute approximate surface area is 232 Å². The Morgan fingerprint density at radius 2 is 1.70 bits per heavy atom. The average molecular weight is 461 g/mol. The molecule has 0 heterocycles. The van der Waals surface area contributed by atoms with Gasteiger partial charge in [-0.2, -0.15) is 0 Å². The molecule has 33 heavy (non-hydrogen) atoms. The van der Waals surface area contributed by atoms with E-state index in [-0.39, 0.29) is 92.9 Å². The zero-order valence-electron chi connectivity index (χ0n) is 18.1. The molecule has 1 amide bonds. The van der Waals surface area contributed by atoms with Crippen LogP contribution in [-0.2, 0) is 9.53 Å². The number of azide groups is 1. The van der Waals surface area contributed by atoms with Crippen molar-refractivity contribution < 1.29 is 88.4 Å². The van der Waals surface area contributed by atoms with Gasteiger partial charge in [0.1, 0.15) is 0 Å². The van der Waals surface area contributed by atoms with Crippen molar-refractivity contribution in [3.05, 3.63) is 105 Å². The van der Waals surface area contributed by atoms with Gasteiger partial charge in [-0.25, -0.2) is 0 Å². The van der Waals surface area contributed by atoms with E-state index in [1.54, 1.807) is 6.07 Å². The number of hydrogen-bond donors (Lipinski definition) is 0. The van der Waals surface area contributed by atoms with Gasteiger partial charge in [-0.15, -0.1) is 0 Å². The largest absolute Gasteiger partial charge is 1.00 e. The molecule has 1 aliphatic carbocycles. The van der Waals surface area contributed by atoms with Crippen molar-refractivity contribution in [3.8, 4) is 5.75 Å². The molecule has 9 nitrogen and oxygen atoms in total. The van der Waals surface area contributed by atoms with Gasteiger partial charge >= 0.3 is 59.1 Å². The monoisotopic (exact) mass is 461 g/mol. The number of carbonyl (C=O) groups excluding carboxylic acids is 3. The number of nitrogens with zero attached hydrogens (tertiary/aromatic N) is 3. The van der Waals surface area contributed by atoms with Crippen molar-refractivity contribution in [1.82, 2.24) is 0 Å².